The molecule has 4 aromatic carbocycles. The summed E-state index contributed by atoms with van der Waals surface area (Å²) >= 11 is 0. The minimum atomic E-state index is -3.91. The number of esters is 2. The summed E-state index contributed by atoms with van der Waals surface area (Å²) in [5.41, 5.74) is 6.80. The van der Waals surface area contributed by atoms with Gasteiger partial charge in [0.1, 0.15) is 23.6 Å². The van der Waals surface area contributed by atoms with Gasteiger partial charge in [0.2, 0.25) is 7.44 Å². The summed E-state index contributed by atoms with van der Waals surface area (Å²) in [7, 11) is -3.91. The number of benzene rings is 4. The Hall–Kier alpha value is -4.43. The maximum absolute atomic E-state index is 15.2. The second kappa shape index (κ2) is 20.1. The van der Waals surface area contributed by atoms with Crippen LogP contribution in [-0.4, -0.2) is 48.7 Å². The quantitative estimate of drug-likeness (QED) is 0.0604. The van der Waals surface area contributed by atoms with Crippen LogP contribution in [0.15, 0.2) is 91.0 Å². The lowest BCUT2D eigenvalue weighted by Gasteiger charge is -2.29. The van der Waals surface area contributed by atoms with Gasteiger partial charge in [-0.2, -0.15) is 0 Å². The number of hydrogen-bond donors (Lipinski definition) is 3. The Labute approximate surface area is 314 Å². The van der Waals surface area contributed by atoms with Crippen molar-refractivity contribution in [1.82, 2.24) is 10.2 Å². The molecule has 0 heterocycles. The van der Waals surface area contributed by atoms with E-state index in [1.165, 1.54) is 0 Å². The first-order valence-corrected chi connectivity index (χ1v) is 20.4. The van der Waals surface area contributed by atoms with Crippen molar-refractivity contribution < 1.29 is 33.5 Å². The zero-order valence-corrected chi connectivity index (χ0v) is 32.8. The van der Waals surface area contributed by atoms with Crippen molar-refractivity contribution in [3.63, 3.8) is 0 Å². The topological polar surface area (TPSA) is 123 Å². The van der Waals surface area contributed by atoms with E-state index in [4.69, 9.17) is 14.2 Å². The third kappa shape index (κ3) is 12.6. The number of hydrogen-bond acceptors (Lipinski definition) is 7. The average Bonchev–Trinajstić information content (AvgIpc) is 3.14. The van der Waals surface area contributed by atoms with Crippen molar-refractivity contribution in [1.29, 1.82) is 0 Å². The van der Waals surface area contributed by atoms with Crippen LogP contribution in [0.2, 0.25) is 0 Å². The molecule has 0 aromatic heterocycles. The smallest absolute Gasteiger partial charge is 0.323 e. The molecule has 4 rings (SSSR count). The molecule has 0 aliphatic heterocycles. The van der Waals surface area contributed by atoms with Gasteiger partial charge in [-0.15, -0.1) is 0 Å². The molecule has 2 unspecified atom stereocenters. The first-order chi connectivity index (χ1) is 25.4. The average molecular weight is 743 g/mol. The van der Waals surface area contributed by atoms with E-state index in [0.29, 0.717) is 30.8 Å². The van der Waals surface area contributed by atoms with Crippen LogP contribution >= 0.6 is 7.44 Å². The van der Waals surface area contributed by atoms with E-state index in [1.54, 1.807) is 6.07 Å². The molecule has 0 bridgehead atoms. The zero-order valence-electron chi connectivity index (χ0n) is 31.9. The van der Waals surface area contributed by atoms with Crippen LogP contribution in [0.3, 0.4) is 0 Å². The predicted molar refractivity (Wildman–Crippen MR) is 211 cm³/mol. The Bertz CT molecular complexity index is 1740. The molecule has 3 N–H and O–H groups in total. The highest BCUT2D eigenvalue weighted by Crippen LogP contribution is 2.40. The second-order valence-electron chi connectivity index (χ2n) is 13.9. The van der Waals surface area contributed by atoms with E-state index >= 15 is 4.57 Å². The molecule has 284 valence electrons. The van der Waals surface area contributed by atoms with Crippen molar-refractivity contribution in [2.75, 3.05) is 19.6 Å². The largest absolute Gasteiger partial charge is 0.508 e. The van der Waals surface area contributed by atoms with Crippen molar-refractivity contribution in [3.8, 4) is 11.5 Å². The highest BCUT2D eigenvalue weighted by Gasteiger charge is 2.36. The van der Waals surface area contributed by atoms with E-state index in [2.05, 4.69) is 24.0 Å². The monoisotopic (exact) mass is 742 g/mol. The number of phenolic OH excluding ortho intramolecular Hbond substituents is 1. The Balaban J connectivity index is 1.66. The lowest BCUT2D eigenvalue weighted by Crippen LogP contribution is -2.47. The molecule has 53 heavy (non-hydrogen) atoms. The molecule has 0 spiro atoms. The number of aromatic hydroxyl groups is 1. The number of ether oxygens (including phenoxy) is 3. The van der Waals surface area contributed by atoms with Crippen LogP contribution in [0.4, 0.5) is 0 Å². The molecular formula is C43H55N2O7P. The van der Waals surface area contributed by atoms with Crippen LogP contribution in [0.5, 0.6) is 11.5 Å². The van der Waals surface area contributed by atoms with E-state index < -0.39 is 31.5 Å². The number of carbonyl (C=O) groups excluding carboxylic acids is 2. The molecule has 0 saturated carbocycles. The lowest BCUT2D eigenvalue weighted by atomic mass is 9.93. The summed E-state index contributed by atoms with van der Waals surface area (Å²) < 4.78 is 32.6. The number of phenols is 1. The summed E-state index contributed by atoms with van der Waals surface area (Å²) in [6.07, 6.45) is 1.99. The van der Waals surface area contributed by atoms with Gasteiger partial charge < -0.3 is 19.3 Å². The number of rotatable bonds is 20. The van der Waals surface area contributed by atoms with Gasteiger partial charge in [0.15, 0.2) is 6.35 Å². The molecule has 2 atom stereocenters. The standard InChI is InChI=1S/C43H55N2O7P/c1-7-21-50-42(47)39(27-33-15-11-9-12-16-33)44-53(49,45-40(43(48)51-22-8-2)28-34-17-13-10-14-18-34)29-52-36-23-31(5)38(32(6)24-36)26-35-19-20-41(46)37(25-35)30(3)4/h9-20,23-25,30,39-40,46H,7-8,21-22,26-29H2,1-6H3,(H2,44,45,49). The molecule has 0 saturated heterocycles. The third-order valence-corrected chi connectivity index (χ3v) is 10.9. The van der Waals surface area contributed by atoms with Gasteiger partial charge in [0, 0.05) is 0 Å². The van der Waals surface area contributed by atoms with Gasteiger partial charge in [-0.3, -0.25) is 14.2 Å². The van der Waals surface area contributed by atoms with E-state index in [0.717, 1.165) is 38.9 Å². The second-order valence-corrected chi connectivity index (χ2v) is 16.1. The van der Waals surface area contributed by atoms with Gasteiger partial charge >= 0.3 is 11.9 Å². The van der Waals surface area contributed by atoms with Crippen LogP contribution in [0.25, 0.3) is 0 Å². The maximum Gasteiger partial charge on any atom is 0.323 e. The fourth-order valence-electron chi connectivity index (χ4n) is 6.15. The van der Waals surface area contributed by atoms with Crippen molar-refractivity contribution >= 4 is 19.4 Å². The molecule has 0 amide bonds. The normalized spacial score (nSPS) is 13.6. The Kier molecular flexibility index (Phi) is 15.7. The molecule has 0 aliphatic carbocycles. The summed E-state index contributed by atoms with van der Waals surface area (Å²) in [6, 6.07) is 26.4. The van der Waals surface area contributed by atoms with Crippen LogP contribution in [-0.2, 0) is 42.9 Å². The van der Waals surface area contributed by atoms with Crippen molar-refractivity contribution in [2.45, 2.75) is 91.6 Å². The van der Waals surface area contributed by atoms with Gasteiger partial charge in [0.25, 0.3) is 0 Å². The highest BCUT2D eigenvalue weighted by atomic mass is 31.2. The minimum absolute atomic E-state index is 0.187. The predicted octanol–water partition coefficient (Wildman–Crippen LogP) is 8.56. The first kappa shape index (κ1) is 41.3. The molecule has 0 aliphatic rings. The Morgan fingerprint density at radius 1 is 0.717 bits per heavy atom. The van der Waals surface area contributed by atoms with Crippen molar-refractivity contribution in [3.05, 3.63) is 130 Å². The van der Waals surface area contributed by atoms with Crippen LogP contribution < -0.4 is 14.9 Å². The molecule has 0 fully saturated rings. The maximum atomic E-state index is 15.2. The summed E-state index contributed by atoms with van der Waals surface area (Å²) in [5, 5.41) is 16.5. The highest BCUT2D eigenvalue weighted by molar-refractivity contribution is 7.59. The Morgan fingerprint density at radius 2 is 1.21 bits per heavy atom. The van der Waals surface area contributed by atoms with Gasteiger partial charge in [-0.05, 0) is 109 Å². The molecule has 0 radical (unpaired) electrons. The van der Waals surface area contributed by atoms with Crippen LogP contribution in [0.1, 0.15) is 85.4 Å². The van der Waals surface area contributed by atoms with E-state index in [9.17, 15) is 14.7 Å². The van der Waals surface area contributed by atoms with Gasteiger partial charge in [0.05, 0.1) is 13.2 Å². The van der Waals surface area contributed by atoms with Crippen molar-refractivity contribution in [2.24, 2.45) is 0 Å². The lowest BCUT2D eigenvalue weighted by molar-refractivity contribution is -0.146. The fraction of sp³-hybridized carbons (Fsp3) is 0.395. The summed E-state index contributed by atoms with van der Waals surface area (Å²) in [5.74, 6) is -0.106. The SMILES string of the molecule is CCCOC(=O)C(Cc1ccccc1)NP(=O)(COc1cc(C)c(Cc2ccc(O)c(C(C)C)c2)c(C)c1)NC(Cc1ccccc1)C(=O)OCCC. The number of carbonyl (C=O) groups is 2. The van der Waals surface area contributed by atoms with Crippen LogP contribution in [0, 0.1) is 13.8 Å². The minimum Gasteiger partial charge on any atom is -0.508 e. The fourth-order valence-corrected chi connectivity index (χ4v) is 8.10. The van der Waals surface area contributed by atoms with Gasteiger partial charge in [-0.1, -0.05) is 100 Å². The Morgan fingerprint density at radius 3 is 1.66 bits per heavy atom. The molecule has 10 heteroatoms. The third-order valence-electron chi connectivity index (χ3n) is 8.94. The number of aryl methyl sites for hydroxylation is 2. The van der Waals surface area contributed by atoms with E-state index in [1.807, 2.05) is 113 Å². The van der Waals surface area contributed by atoms with Gasteiger partial charge in [-0.25, -0.2) is 10.2 Å². The first-order valence-electron chi connectivity index (χ1n) is 18.5. The van der Waals surface area contributed by atoms with E-state index in [-0.39, 0.29) is 38.3 Å². The molecule has 9 nitrogen and oxygen atoms in total. The zero-order chi connectivity index (χ0) is 38.4. The summed E-state index contributed by atoms with van der Waals surface area (Å²) in [6.45, 7) is 12.4. The summed E-state index contributed by atoms with van der Waals surface area (Å²) in [4.78, 5) is 27.0. The molecule has 4 aromatic rings. The number of nitrogens with one attached hydrogen (secondary N) is 2. The molecular weight excluding hydrogens is 687 g/mol.